The van der Waals surface area contributed by atoms with Crippen LogP contribution < -0.4 is 0 Å². The van der Waals surface area contributed by atoms with E-state index in [4.69, 9.17) is 30.5 Å². The van der Waals surface area contributed by atoms with Crippen molar-refractivity contribution in [2.24, 2.45) is 7.05 Å². The molecule has 2 heterocycles. The first kappa shape index (κ1) is 45.4. The molecule has 2 saturated carbocycles. The number of aryl methyl sites for hydroxylation is 1. The van der Waals surface area contributed by atoms with Gasteiger partial charge in [-0.1, -0.05) is 17.7 Å². The summed E-state index contributed by atoms with van der Waals surface area (Å²) in [6.07, 6.45) is -9.26. The highest BCUT2D eigenvalue weighted by Gasteiger charge is 2.64. The molecule has 2 aliphatic carbocycles. The largest absolute Gasteiger partial charge is 0.510 e. The molecular formula is C37H35ClF8N6O8. The van der Waals surface area contributed by atoms with E-state index >= 15 is 0 Å². The highest BCUT2D eigenvalue weighted by molar-refractivity contribution is 6.34. The van der Waals surface area contributed by atoms with Gasteiger partial charge in [0.25, 0.3) is 5.91 Å². The summed E-state index contributed by atoms with van der Waals surface area (Å²) in [7, 11) is 0.720. The molecule has 5 rings (SSSR count). The van der Waals surface area contributed by atoms with Crippen LogP contribution in [0.25, 0.3) is 16.9 Å². The molecule has 60 heavy (non-hydrogen) atoms. The molecule has 2 aromatic heterocycles. The van der Waals surface area contributed by atoms with Crippen molar-refractivity contribution in [2.75, 3.05) is 6.73 Å². The first-order chi connectivity index (χ1) is 27.8. The van der Waals surface area contributed by atoms with E-state index in [1.54, 1.807) is 20.8 Å². The number of esters is 2. The zero-order valence-corrected chi connectivity index (χ0v) is 32.8. The van der Waals surface area contributed by atoms with Crippen molar-refractivity contribution >= 4 is 35.6 Å². The van der Waals surface area contributed by atoms with Crippen LogP contribution in [0.1, 0.15) is 80.9 Å². The standard InChI is InChI=1S/C37H35ClF8N6O8/c1-33(2,3)60-27(54)12-11-26(53)58-22-6-8-23(9-7-22)59-32(56)57-19-51(34(18-47)13-14-34)31(55)24-15-20(5-10-25(24)38)21-16-48-52(17-21)30-28(36(41,42)43)29(49-50(30)4)35(39,40)37(44,45)46/h5,10-12,15-17,22-23H,6-9,13-14,19H2,1-4H3/b12-11+. The Morgan fingerprint density at radius 3 is 2.10 bits per heavy atom. The van der Waals surface area contributed by atoms with Gasteiger partial charge in [-0.15, -0.1) is 0 Å². The molecule has 0 N–H and O–H groups in total. The Bertz CT molecular complexity index is 2210. The number of alkyl halides is 8. The molecule has 324 valence electrons. The minimum atomic E-state index is -6.41. The summed E-state index contributed by atoms with van der Waals surface area (Å²) in [5.74, 6) is -9.63. The Balaban J connectivity index is 1.26. The van der Waals surface area contributed by atoms with Crippen molar-refractivity contribution in [3.8, 4) is 23.0 Å². The number of hydrogen-bond donors (Lipinski definition) is 0. The topological polar surface area (TPSA) is 168 Å². The van der Waals surface area contributed by atoms with Gasteiger partial charge in [0.2, 0.25) is 0 Å². The molecule has 1 aromatic carbocycles. The summed E-state index contributed by atoms with van der Waals surface area (Å²) >= 11 is 6.36. The molecule has 1 amide bonds. The number of ether oxygens (including phenoxy) is 4. The van der Waals surface area contributed by atoms with Gasteiger partial charge in [0.05, 0.1) is 22.9 Å². The lowest BCUT2D eigenvalue weighted by Gasteiger charge is -2.29. The zero-order valence-electron chi connectivity index (χ0n) is 32.0. The predicted molar refractivity (Wildman–Crippen MR) is 189 cm³/mol. The Kier molecular flexibility index (Phi) is 12.7. The molecule has 14 nitrogen and oxygen atoms in total. The first-order valence-electron chi connectivity index (χ1n) is 17.9. The quantitative estimate of drug-likeness (QED) is 0.0603. The van der Waals surface area contributed by atoms with Gasteiger partial charge in [-0.2, -0.15) is 50.6 Å². The molecule has 0 radical (unpaired) electrons. The maximum absolute atomic E-state index is 14.2. The SMILES string of the molecule is Cn1nc(C(F)(F)C(F)(F)F)c(C(F)(F)F)c1-n1cc(-c2ccc(Cl)c(C(=O)N(COC(=O)OC3CCC(OC(=O)/C=C/C(=O)OC(C)(C)C)CC3)C3(C#N)CC3)c2)cn1. The third-order valence-electron chi connectivity index (χ3n) is 9.22. The third kappa shape index (κ3) is 10.2. The molecule has 3 aromatic rings. The Hall–Kier alpha value is -5.72. The molecular weight excluding hydrogens is 844 g/mol. The van der Waals surface area contributed by atoms with Crippen molar-refractivity contribution in [3.05, 3.63) is 64.6 Å². The van der Waals surface area contributed by atoms with Gasteiger partial charge < -0.3 is 18.9 Å². The van der Waals surface area contributed by atoms with Crippen LogP contribution in [0.5, 0.6) is 0 Å². The fourth-order valence-electron chi connectivity index (χ4n) is 6.16. The highest BCUT2D eigenvalue weighted by atomic mass is 35.5. The van der Waals surface area contributed by atoms with Crippen LogP contribution in [0.2, 0.25) is 5.02 Å². The normalized spacial score (nSPS) is 18.1. The molecule has 0 saturated heterocycles. The Morgan fingerprint density at radius 1 is 0.950 bits per heavy atom. The van der Waals surface area contributed by atoms with Gasteiger partial charge in [0, 0.05) is 31.0 Å². The number of carbonyl (C=O) groups is 4. The molecule has 2 fully saturated rings. The molecule has 0 atom stereocenters. The van der Waals surface area contributed by atoms with Crippen LogP contribution in [0.3, 0.4) is 0 Å². The van der Waals surface area contributed by atoms with Gasteiger partial charge in [0.15, 0.2) is 18.2 Å². The molecule has 0 bridgehead atoms. The van der Waals surface area contributed by atoms with E-state index in [0.29, 0.717) is 17.5 Å². The van der Waals surface area contributed by atoms with Crippen LogP contribution in [-0.4, -0.2) is 84.7 Å². The number of amides is 1. The van der Waals surface area contributed by atoms with Crippen LogP contribution in [0.4, 0.5) is 39.9 Å². The molecule has 0 unspecified atom stereocenters. The van der Waals surface area contributed by atoms with E-state index in [1.807, 2.05) is 6.07 Å². The lowest BCUT2D eigenvalue weighted by atomic mass is 9.95. The maximum Gasteiger partial charge on any atom is 0.510 e. The van der Waals surface area contributed by atoms with E-state index < -0.39 is 89.4 Å². The Labute approximate surface area is 340 Å². The second-order valence-corrected chi connectivity index (χ2v) is 15.2. The van der Waals surface area contributed by atoms with Gasteiger partial charge >= 0.3 is 36.4 Å². The van der Waals surface area contributed by atoms with E-state index in [0.717, 1.165) is 36.5 Å². The molecule has 2 aliphatic rings. The van der Waals surface area contributed by atoms with Crippen molar-refractivity contribution in [3.63, 3.8) is 0 Å². The average Bonchev–Trinajstić information content (AvgIpc) is 3.61. The zero-order chi connectivity index (χ0) is 44.6. The third-order valence-corrected chi connectivity index (χ3v) is 9.55. The van der Waals surface area contributed by atoms with Crippen LogP contribution in [0, 0.1) is 11.3 Å². The number of benzene rings is 1. The van der Waals surface area contributed by atoms with Gasteiger partial charge in [0.1, 0.15) is 28.9 Å². The van der Waals surface area contributed by atoms with Gasteiger partial charge in [-0.25, -0.2) is 23.7 Å². The lowest BCUT2D eigenvalue weighted by Crippen LogP contribution is -2.44. The first-order valence-corrected chi connectivity index (χ1v) is 18.3. The van der Waals surface area contributed by atoms with Crippen molar-refractivity contribution < 1.29 is 73.2 Å². The molecule has 0 spiro atoms. The van der Waals surface area contributed by atoms with Crippen LogP contribution >= 0.6 is 11.6 Å². The van der Waals surface area contributed by atoms with Crippen LogP contribution in [-0.2, 0) is 47.7 Å². The number of halogens is 9. The summed E-state index contributed by atoms with van der Waals surface area (Å²) in [6.45, 7) is 4.23. The number of hydrogen-bond acceptors (Lipinski definition) is 11. The number of aromatic nitrogens is 4. The highest BCUT2D eigenvalue weighted by Crippen LogP contribution is 2.49. The fourth-order valence-corrected chi connectivity index (χ4v) is 6.36. The van der Waals surface area contributed by atoms with E-state index in [2.05, 4.69) is 10.2 Å². The van der Waals surface area contributed by atoms with Crippen molar-refractivity contribution in [2.45, 2.75) is 101 Å². The van der Waals surface area contributed by atoms with Crippen molar-refractivity contribution in [1.29, 1.82) is 5.26 Å². The average molecular weight is 879 g/mol. The summed E-state index contributed by atoms with van der Waals surface area (Å²) in [4.78, 5) is 51.6. The molecule has 0 aliphatic heterocycles. The summed E-state index contributed by atoms with van der Waals surface area (Å²) in [5.41, 5.74) is -7.37. The molecule has 23 heteroatoms. The second kappa shape index (κ2) is 16.7. The number of carbonyl (C=O) groups excluding carboxylic acids is 4. The predicted octanol–water partition coefficient (Wildman–Crippen LogP) is 7.96. The number of nitriles is 1. The van der Waals surface area contributed by atoms with Gasteiger partial charge in [-0.05, 0) is 77.0 Å². The minimum Gasteiger partial charge on any atom is -0.459 e. The number of nitrogens with zero attached hydrogens (tertiary/aromatic N) is 6. The fraction of sp³-hybridized carbons (Fsp3) is 0.486. The van der Waals surface area contributed by atoms with Gasteiger partial charge in [-0.3, -0.25) is 9.69 Å². The Morgan fingerprint density at radius 2 is 1.55 bits per heavy atom. The monoisotopic (exact) mass is 878 g/mol. The lowest BCUT2D eigenvalue weighted by molar-refractivity contribution is -0.292. The smallest absolute Gasteiger partial charge is 0.459 e. The van der Waals surface area contributed by atoms with E-state index in [9.17, 15) is 59.6 Å². The second-order valence-electron chi connectivity index (χ2n) is 14.8. The summed E-state index contributed by atoms with van der Waals surface area (Å²) < 4.78 is 132. The summed E-state index contributed by atoms with van der Waals surface area (Å²) in [6, 6.07) is 5.70. The maximum atomic E-state index is 14.2. The van der Waals surface area contributed by atoms with E-state index in [1.165, 1.54) is 18.2 Å². The summed E-state index contributed by atoms with van der Waals surface area (Å²) in [5, 5.41) is 16.4. The van der Waals surface area contributed by atoms with Crippen LogP contribution in [0.15, 0.2) is 42.7 Å². The van der Waals surface area contributed by atoms with E-state index in [-0.39, 0.29) is 52.1 Å². The number of rotatable bonds is 11. The minimum absolute atomic E-state index is 0.0475. The van der Waals surface area contributed by atoms with Crippen molar-refractivity contribution in [1.82, 2.24) is 24.5 Å².